The van der Waals surface area contributed by atoms with Gasteiger partial charge in [0.05, 0.1) is 0 Å². The summed E-state index contributed by atoms with van der Waals surface area (Å²) in [5, 5.41) is 14.2. The van der Waals surface area contributed by atoms with Crippen molar-refractivity contribution in [2.24, 2.45) is 0 Å². The molecule has 0 unspecified atom stereocenters. The number of carboxylic acid groups (broad SMARTS) is 1. The number of carbonyl (C=O) groups excluding carboxylic acids is 1. The third-order valence-electron chi connectivity index (χ3n) is 2.47. The summed E-state index contributed by atoms with van der Waals surface area (Å²) in [4.78, 5) is 22.2. The number of thioether (sulfide) groups is 1. The summed E-state index contributed by atoms with van der Waals surface area (Å²) >= 11 is 1.66. The molecule has 1 aromatic carbocycles. The Balaban J connectivity index is 2.56. The number of benzene rings is 1. The fraction of sp³-hybridized carbons (Fsp3) is 0.385. The molecule has 0 aliphatic rings. The van der Waals surface area contributed by atoms with Crippen molar-refractivity contribution in [1.29, 1.82) is 0 Å². The lowest BCUT2D eigenvalue weighted by molar-refractivity contribution is -0.136. The second-order valence-electron chi connectivity index (χ2n) is 3.92. The van der Waals surface area contributed by atoms with Crippen molar-refractivity contribution >= 4 is 29.4 Å². The highest BCUT2D eigenvalue weighted by Gasteiger charge is 2.07. The number of hydrogen-bond acceptors (Lipinski definition) is 3. The molecule has 0 spiro atoms. The zero-order chi connectivity index (χ0) is 14.1. The van der Waals surface area contributed by atoms with Crippen LogP contribution in [0.3, 0.4) is 0 Å². The molecule has 19 heavy (non-hydrogen) atoms. The molecule has 6 heteroatoms. The Morgan fingerprint density at radius 3 is 2.74 bits per heavy atom. The van der Waals surface area contributed by atoms with Crippen molar-refractivity contribution < 1.29 is 14.7 Å². The first-order valence-electron chi connectivity index (χ1n) is 5.97. The third-order valence-corrected chi connectivity index (χ3v) is 3.08. The maximum absolute atomic E-state index is 11.6. The van der Waals surface area contributed by atoms with Crippen molar-refractivity contribution in [3.8, 4) is 0 Å². The van der Waals surface area contributed by atoms with E-state index in [0.717, 1.165) is 11.3 Å². The lowest BCUT2D eigenvalue weighted by Crippen LogP contribution is -2.30. The second-order valence-corrected chi connectivity index (χ2v) is 4.91. The predicted molar refractivity (Wildman–Crippen MR) is 77.8 cm³/mol. The van der Waals surface area contributed by atoms with Crippen LogP contribution in [0.25, 0.3) is 0 Å². The van der Waals surface area contributed by atoms with Crippen LogP contribution in [-0.4, -0.2) is 35.7 Å². The quantitative estimate of drug-likeness (QED) is 0.670. The number of anilines is 1. The van der Waals surface area contributed by atoms with E-state index in [-0.39, 0.29) is 12.5 Å². The van der Waals surface area contributed by atoms with Crippen LogP contribution in [0, 0.1) is 0 Å². The largest absolute Gasteiger partial charge is 0.481 e. The third kappa shape index (κ3) is 6.15. The van der Waals surface area contributed by atoms with Crippen molar-refractivity contribution in [1.82, 2.24) is 5.32 Å². The molecule has 0 saturated heterocycles. The van der Waals surface area contributed by atoms with Crippen molar-refractivity contribution in [2.75, 3.05) is 23.9 Å². The number of amides is 2. The Morgan fingerprint density at radius 1 is 1.32 bits per heavy atom. The number of para-hydroxylation sites is 1. The Kier molecular flexibility index (Phi) is 6.81. The molecule has 0 aliphatic heterocycles. The van der Waals surface area contributed by atoms with E-state index in [0.29, 0.717) is 18.7 Å². The van der Waals surface area contributed by atoms with E-state index >= 15 is 0 Å². The summed E-state index contributed by atoms with van der Waals surface area (Å²) in [7, 11) is 0. The van der Waals surface area contributed by atoms with E-state index in [2.05, 4.69) is 10.6 Å². The fourth-order valence-electron chi connectivity index (χ4n) is 1.53. The topological polar surface area (TPSA) is 78.4 Å². The number of aliphatic carboxylic acids is 1. The first-order valence-corrected chi connectivity index (χ1v) is 7.36. The van der Waals surface area contributed by atoms with Gasteiger partial charge in [-0.3, -0.25) is 4.79 Å². The van der Waals surface area contributed by atoms with Gasteiger partial charge in [0.2, 0.25) is 0 Å². The van der Waals surface area contributed by atoms with Gasteiger partial charge >= 0.3 is 12.0 Å². The molecule has 3 N–H and O–H groups in total. The van der Waals surface area contributed by atoms with Crippen LogP contribution < -0.4 is 10.6 Å². The molecule has 0 radical (unpaired) electrons. The zero-order valence-corrected chi connectivity index (χ0v) is 11.6. The number of carbonyl (C=O) groups is 2. The van der Waals surface area contributed by atoms with Crippen LogP contribution >= 0.6 is 11.8 Å². The first kappa shape index (κ1) is 15.4. The normalized spacial score (nSPS) is 9.95. The number of hydrogen-bond donors (Lipinski definition) is 3. The summed E-state index contributed by atoms with van der Waals surface area (Å²) in [6, 6.07) is 6.96. The van der Waals surface area contributed by atoms with Crippen LogP contribution in [0.5, 0.6) is 0 Å². The summed E-state index contributed by atoms with van der Waals surface area (Å²) < 4.78 is 0. The monoisotopic (exact) mass is 282 g/mol. The van der Waals surface area contributed by atoms with Crippen molar-refractivity contribution in [2.45, 2.75) is 12.8 Å². The average molecular weight is 282 g/mol. The Labute approximate surface area is 116 Å². The van der Waals surface area contributed by atoms with Gasteiger partial charge in [0.25, 0.3) is 0 Å². The minimum atomic E-state index is -0.848. The molecule has 104 valence electrons. The molecule has 0 aliphatic carbocycles. The van der Waals surface area contributed by atoms with Crippen molar-refractivity contribution in [3.05, 3.63) is 29.8 Å². The summed E-state index contributed by atoms with van der Waals surface area (Å²) in [6.07, 6.45) is 2.42. The maximum atomic E-state index is 11.6. The van der Waals surface area contributed by atoms with Crippen molar-refractivity contribution in [3.63, 3.8) is 0 Å². The highest BCUT2D eigenvalue weighted by atomic mass is 32.2. The van der Waals surface area contributed by atoms with Gasteiger partial charge in [-0.25, -0.2) is 4.79 Å². The highest BCUT2D eigenvalue weighted by Crippen LogP contribution is 2.16. The molecule has 2 amide bonds. The minimum Gasteiger partial charge on any atom is -0.481 e. The summed E-state index contributed by atoms with van der Waals surface area (Å²) in [5.41, 5.74) is 1.48. The molecule has 0 saturated carbocycles. The highest BCUT2D eigenvalue weighted by molar-refractivity contribution is 7.98. The molecular formula is C13H18N2O3S. The zero-order valence-electron chi connectivity index (χ0n) is 10.8. The van der Waals surface area contributed by atoms with Crippen LogP contribution in [0.1, 0.15) is 12.0 Å². The summed E-state index contributed by atoms with van der Waals surface area (Å²) in [5.74, 6) is 0.00730. The molecule has 0 heterocycles. The van der Waals surface area contributed by atoms with Gasteiger partial charge in [0.15, 0.2) is 0 Å². The number of aryl methyl sites for hydroxylation is 1. The van der Waals surface area contributed by atoms with Crippen LogP contribution in [0.15, 0.2) is 24.3 Å². The van der Waals surface area contributed by atoms with E-state index in [1.54, 1.807) is 17.8 Å². The van der Waals surface area contributed by atoms with Gasteiger partial charge in [-0.1, -0.05) is 18.2 Å². The standard InChI is InChI=1S/C13H18N2O3S/c1-19-9-8-14-13(18)15-11-5-3-2-4-10(11)6-7-12(16)17/h2-5H,6-9H2,1H3,(H,16,17)(H2,14,15,18). The lowest BCUT2D eigenvalue weighted by Gasteiger charge is -2.11. The van der Waals surface area contributed by atoms with Crippen LogP contribution in [0.2, 0.25) is 0 Å². The molecule has 1 rings (SSSR count). The summed E-state index contributed by atoms with van der Waals surface area (Å²) in [6.45, 7) is 0.601. The van der Waals surface area contributed by atoms with E-state index < -0.39 is 5.97 Å². The molecule has 0 aromatic heterocycles. The fourth-order valence-corrected chi connectivity index (χ4v) is 1.84. The van der Waals surface area contributed by atoms with Gasteiger partial charge < -0.3 is 15.7 Å². The average Bonchev–Trinajstić information content (AvgIpc) is 2.38. The van der Waals surface area contributed by atoms with Crippen LogP contribution in [0.4, 0.5) is 10.5 Å². The molecule has 1 aromatic rings. The van der Waals surface area contributed by atoms with Gasteiger partial charge in [-0.15, -0.1) is 0 Å². The number of nitrogens with one attached hydrogen (secondary N) is 2. The second kappa shape index (κ2) is 8.42. The number of urea groups is 1. The van der Waals surface area contributed by atoms with Gasteiger partial charge in [0, 0.05) is 24.4 Å². The molecule has 5 nitrogen and oxygen atoms in total. The van der Waals surface area contributed by atoms with E-state index in [1.165, 1.54) is 0 Å². The first-order chi connectivity index (χ1) is 9.13. The molecule has 0 atom stereocenters. The smallest absolute Gasteiger partial charge is 0.319 e. The van der Waals surface area contributed by atoms with Gasteiger partial charge in [-0.2, -0.15) is 11.8 Å². The minimum absolute atomic E-state index is 0.0484. The Bertz CT molecular complexity index is 438. The van der Waals surface area contributed by atoms with E-state index in [4.69, 9.17) is 5.11 Å². The van der Waals surface area contributed by atoms with Gasteiger partial charge in [-0.05, 0) is 24.3 Å². The lowest BCUT2D eigenvalue weighted by atomic mass is 10.1. The van der Waals surface area contributed by atoms with Crippen LogP contribution in [-0.2, 0) is 11.2 Å². The Morgan fingerprint density at radius 2 is 2.05 bits per heavy atom. The van der Waals surface area contributed by atoms with E-state index in [1.807, 2.05) is 24.5 Å². The molecular weight excluding hydrogens is 264 g/mol. The number of carboxylic acids is 1. The SMILES string of the molecule is CSCCNC(=O)Nc1ccccc1CCC(=O)O. The van der Waals surface area contributed by atoms with Gasteiger partial charge in [0.1, 0.15) is 0 Å². The molecule has 0 bridgehead atoms. The Hall–Kier alpha value is -1.69. The van der Waals surface area contributed by atoms with E-state index in [9.17, 15) is 9.59 Å². The molecule has 0 fully saturated rings. The predicted octanol–water partition coefficient (Wildman–Crippen LogP) is 2.19. The maximum Gasteiger partial charge on any atom is 0.319 e. The number of rotatable bonds is 7.